The SMILES string of the molecule is CCOC(=O)C1CC2(COC2)CC1=O.CCOC(=O)CCC1(CC(=O)OCC)COC1.O=C1CCC2(COC2)C1. The van der Waals surface area contributed by atoms with Crippen LogP contribution in [0.2, 0.25) is 0 Å². The van der Waals surface area contributed by atoms with Gasteiger partial charge >= 0.3 is 17.9 Å². The smallest absolute Gasteiger partial charge is 0.316 e. The largest absolute Gasteiger partial charge is 0.466 e. The van der Waals surface area contributed by atoms with Gasteiger partial charge in [-0.25, -0.2) is 0 Å². The fourth-order valence-electron chi connectivity index (χ4n) is 5.66. The van der Waals surface area contributed by atoms with Gasteiger partial charge in [0.2, 0.25) is 0 Å². The maximum absolute atomic E-state index is 11.5. The molecule has 3 heterocycles. The number of ether oxygens (including phenoxy) is 6. The summed E-state index contributed by atoms with van der Waals surface area (Å²) >= 11 is 0. The second kappa shape index (κ2) is 14.5. The van der Waals surface area contributed by atoms with Gasteiger partial charge in [0.1, 0.15) is 17.5 Å². The molecule has 0 aromatic rings. The van der Waals surface area contributed by atoms with Crippen LogP contribution in [0.1, 0.15) is 72.1 Å². The first-order valence-electron chi connectivity index (χ1n) is 14.3. The first-order chi connectivity index (χ1) is 19.1. The van der Waals surface area contributed by atoms with E-state index in [-0.39, 0.29) is 34.5 Å². The second-order valence-corrected chi connectivity index (χ2v) is 11.6. The molecule has 5 rings (SSSR count). The van der Waals surface area contributed by atoms with Crippen molar-refractivity contribution >= 4 is 29.5 Å². The van der Waals surface area contributed by atoms with Crippen LogP contribution in [0.4, 0.5) is 0 Å². The number of hydrogen-bond acceptors (Lipinski definition) is 11. The molecule has 2 spiro atoms. The summed E-state index contributed by atoms with van der Waals surface area (Å²) < 4.78 is 29.9. The van der Waals surface area contributed by atoms with E-state index in [2.05, 4.69) is 0 Å². The van der Waals surface area contributed by atoms with Crippen LogP contribution in [0, 0.1) is 22.2 Å². The van der Waals surface area contributed by atoms with E-state index in [9.17, 15) is 24.0 Å². The molecule has 1 unspecified atom stereocenters. The lowest BCUT2D eigenvalue weighted by Gasteiger charge is -2.40. The molecule has 226 valence electrons. The Morgan fingerprint density at radius 1 is 0.775 bits per heavy atom. The maximum Gasteiger partial charge on any atom is 0.316 e. The van der Waals surface area contributed by atoms with Gasteiger partial charge in [-0.3, -0.25) is 24.0 Å². The predicted molar refractivity (Wildman–Crippen MR) is 140 cm³/mol. The lowest BCUT2D eigenvalue weighted by atomic mass is 9.78. The van der Waals surface area contributed by atoms with E-state index in [0.29, 0.717) is 89.6 Å². The Morgan fingerprint density at radius 2 is 1.35 bits per heavy atom. The van der Waals surface area contributed by atoms with E-state index < -0.39 is 5.92 Å². The van der Waals surface area contributed by atoms with Crippen LogP contribution in [0.5, 0.6) is 0 Å². The van der Waals surface area contributed by atoms with Crippen LogP contribution in [-0.4, -0.2) is 88.9 Å². The highest BCUT2D eigenvalue weighted by Gasteiger charge is 2.52. The van der Waals surface area contributed by atoms with Gasteiger partial charge in [-0.2, -0.15) is 0 Å². The van der Waals surface area contributed by atoms with Gasteiger partial charge in [-0.15, -0.1) is 0 Å². The molecule has 3 aliphatic heterocycles. The van der Waals surface area contributed by atoms with Crippen molar-refractivity contribution < 1.29 is 52.4 Å². The van der Waals surface area contributed by atoms with Crippen LogP contribution in [0.15, 0.2) is 0 Å². The summed E-state index contributed by atoms with van der Waals surface area (Å²) in [6.07, 6.45) is 5.02. The van der Waals surface area contributed by atoms with E-state index in [1.807, 2.05) is 0 Å². The summed E-state index contributed by atoms with van der Waals surface area (Å²) in [4.78, 5) is 56.4. The number of ketones is 2. The second-order valence-electron chi connectivity index (χ2n) is 11.6. The van der Waals surface area contributed by atoms with E-state index in [1.54, 1.807) is 20.8 Å². The molecule has 11 nitrogen and oxygen atoms in total. The molecule has 0 amide bonds. The normalized spacial score (nSPS) is 24.3. The molecular weight excluding hydrogens is 524 g/mol. The van der Waals surface area contributed by atoms with E-state index in [1.165, 1.54) is 0 Å². The topological polar surface area (TPSA) is 141 Å². The quantitative estimate of drug-likeness (QED) is 0.230. The summed E-state index contributed by atoms with van der Waals surface area (Å²) in [5, 5.41) is 0. The zero-order valence-electron chi connectivity index (χ0n) is 24.1. The summed E-state index contributed by atoms with van der Waals surface area (Å²) in [5.41, 5.74) is 0.0601. The summed E-state index contributed by atoms with van der Waals surface area (Å²) in [6.45, 7) is 10.4. The highest BCUT2D eigenvalue weighted by Crippen LogP contribution is 2.45. The van der Waals surface area contributed by atoms with Crippen LogP contribution >= 0.6 is 0 Å². The van der Waals surface area contributed by atoms with E-state index >= 15 is 0 Å². The summed E-state index contributed by atoms with van der Waals surface area (Å²) in [6, 6.07) is 0. The minimum Gasteiger partial charge on any atom is -0.466 e. The molecule has 1 atom stereocenters. The minimum absolute atomic E-state index is 0.0201. The summed E-state index contributed by atoms with van der Waals surface area (Å²) in [7, 11) is 0. The molecule has 0 N–H and O–H groups in total. The number of esters is 3. The Hall–Kier alpha value is -2.37. The Kier molecular flexibility index (Phi) is 11.7. The number of carbonyl (C=O) groups is 5. The molecule has 2 saturated carbocycles. The third-order valence-electron chi connectivity index (χ3n) is 8.09. The number of Topliss-reactive ketones (excluding diaryl/α,β-unsaturated/α-hetero) is 2. The monoisotopic (exact) mass is 568 g/mol. The Morgan fingerprint density at radius 3 is 1.75 bits per heavy atom. The molecule has 40 heavy (non-hydrogen) atoms. The van der Waals surface area contributed by atoms with Crippen LogP contribution in [0.25, 0.3) is 0 Å². The van der Waals surface area contributed by atoms with Crippen molar-refractivity contribution in [2.24, 2.45) is 22.2 Å². The van der Waals surface area contributed by atoms with Crippen molar-refractivity contribution in [2.45, 2.75) is 72.1 Å². The zero-order valence-corrected chi connectivity index (χ0v) is 24.1. The van der Waals surface area contributed by atoms with Crippen molar-refractivity contribution in [2.75, 3.05) is 59.5 Å². The van der Waals surface area contributed by atoms with Crippen LogP contribution < -0.4 is 0 Å². The highest BCUT2D eigenvalue weighted by atomic mass is 16.5. The van der Waals surface area contributed by atoms with Gasteiger partial charge in [0, 0.05) is 41.9 Å². The van der Waals surface area contributed by atoms with Crippen molar-refractivity contribution in [1.82, 2.24) is 0 Å². The Balaban J connectivity index is 0.000000172. The lowest BCUT2D eigenvalue weighted by molar-refractivity contribution is -0.166. The van der Waals surface area contributed by atoms with Gasteiger partial charge in [-0.05, 0) is 40.0 Å². The molecule has 11 heteroatoms. The Labute approximate surface area is 235 Å². The van der Waals surface area contributed by atoms with Crippen LogP contribution in [-0.2, 0) is 52.4 Å². The maximum atomic E-state index is 11.5. The third kappa shape index (κ3) is 8.57. The van der Waals surface area contributed by atoms with Gasteiger partial charge in [-0.1, -0.05) is 0 Å². The van der Waals surface area contributed by atoms with E-state index in [0.717, 1.165) is 32.5 Å². The fourth-order valence-corrected chi connectivity index (χ4v) is 5.66. The number of rotatable bonds is 9. The van der Waals surface area contributed by atoms with Crippen LogP contribution in [0.3, 0.4) is 0 Å². The molecule has 0 aromatic heterocycles. The fraction of sp³-hybridized carbons (Fsp3) is 0.828. The first kappa shape index (κ1) is 32.1. The average molecular weight is 569 g/mol. The molecule has 0 bridgehead atoms. The van der Waals surface area contributed by atoms with Crippen molar-refractivity contribution in [3.63, 3.8) is 0 Å². The van der Waals surface area contributed by atoms with Crippen molar-refractivity contribution in [1.29, 1.82) is 0 Å². The lowest BCUT2D eigenvalue weighted by Crippen LogP contribution is -2.44. The van der Waals surface area contributed by atoms with Crippen molar-refractivity contribution in [3.05, 3.63) is 0 Å². The standard InChI is InChI=1S/C12H20O5.C10H14O4.C7H10O2/c1-3-16-10(13)5-6-12(8-15-9-12)7-11(14)17-4-2;1-2-14-9(12)7-3-10(4-8(7)11)5-13-6-10;8-6-1-2-7(3-6)4-9-5-7/h3-9H2,1-2H3;7H,2-6H2,1H3;1-5H2. The third-order valence-corrected chi connectivity index (χ3v) is 8.09. The van der Waals surface area contributed by atoms with Gasteiger partial charge < -0.3 is 28.4 Å². The number of carbonyl (C=O) groups excluding carboxylic acids is 5. The molecule has 0 radical (unpaired) electrons. The predicted octanol–water partition coefficient (Wildman–Crippen LogP) is 2.60. The number of hydrogen-bond donors (Lipinski definition) is 0. The highest BCUT2D eigenvalue weighted by molar-refractivity contribution is 6.01. The van der Waals surface area contributed by atoms with Gasteiger partial charge in [0.25, 0.3) is 0 Å². The van der Waals surface area contributed by atoms with Gasteiger partial charge in [0.15, 0.2) is 0 Å². The van der Waals surface area contributed by atoms with Gasteiger partial charge in [0.05, 0.1) is 65.9 Å². The molecule has 5 aliphatic rings. The molecule has 0 aromatic carbocycles. The minimum atomic E-state index is -0.529. The van der Waals surface area contributed by atoms with Crippen molar-refractivity contribution in [3.8, 4) is 0 Å². The zero-order chi connectivity index (χ0) is 29.2. The van der Waals surface area contributed by atoms with E-state index in [4.69, 9.17) is 28.4 Å². The summed E-state index contributed by atoms with van der Waals surface area (Å²) in [5.74, 6) is -0.882. The Bertz CT molecular complexity index is 907. The first-order valence-corrected chi connectivity index (χ1v) is 14.3. The molecule has 2 aliphatic carbocycles. The average Bonchev–Trinajstić information content (AvgIpc) is 3.43. The molecule has 3 saturated heterocycles. The molecular formula is C29H44O11. The molecule has 5 fully saturated rings.